The number of amides is 2. The fourth-order valence-corrected chi connectivity index (χ4v) is 3.97. The number of alkyl halides is 3. The van der Waals surface area contributed by atoms with Crippen LogP contribution in [0.5, 0.6) is 0 Å². The van der Waals surface area contributed by atoms with Crippen LogP contribution in [0.15, 0.2) is 72.9 Å². The molecule has 0 radical (unpaired) electrons. The molecule has 4 aromatic rings. The van der Waals surface area contributed by atoms with Gasteiger partial charge in [-0.2, -0.15) is 13.2 Å². The van der Waals surface area contributed by atoms with Crippen molar-refractivity contribution in [2.45, 2.75) is 13.1 Å². The molecule has 2 amide bonds. The zero-order chi connectivity index (χ0) is 27.4. The maximum Gasteiger partial charge on any atom is 0.416 e. The second-order valence-electron chi connectivity index (χ2n) is 9.25. The number of aromatic nitrogens is 1. The third-order valence-corrected chi connectivity index (χ3v) is 6.06. The molecule has 0 saturated heterocycles. The number of benzene rings is 3. The van der Waals surface area contributed by atoms with Crippen molar-refractivity contribution in [1.29, 1.82) is 0 Å². The van der Waals surface area contributed by atoms with Crippen molar-refractivity contribution in [1.82, 2.24) is 15.2 Å². The summed E-state index contributed by atoms with van der Waals surface area (Å²) in [5.74, 6) is -0.758. The van der Waals surface area contributed by atoms with E-state index in [0.29, 0.717) is 17.8 Å². The molecule has 0 fully saturated rings. The van der Waals surface area contributed by atoms with E-state index in [4.69, 9.17) is 0 Å². The Balaban J connectivity index is 1.55. The number of hydrogen-bond acceptors (Lipinski definition) is 4. The molecule has 0 aliphatic carbocycles. The van der Waals surface area contributed by atoms with Gasteiger partial charge in [-0.05, 0) is 85.6 Å². The number of aryl methyl sites for hydroxylation is 1. The SMILES string of the molecule is Cc1ccc(C(=O)Nc2cccc(C(F)(F)F)c2)cc1-c1ccc2cc(C(=O)NCCN(C)C)ncc2c1. The van der Waals surface area contributed by atoms with Crippen LogP contribution >= 0.6 is 0 Å². The highest BCUT2D eigenvalue weighted by Gasteiger charge is 2.30. The van der Waals surface area contributed by atoms with Gasteiger partial charge in [0.2, 0.25) is 0 Å². The highest BCUT2D eigenvalue weighted by molar-refractivity contribution is 6.05. The van der Waals surface area contributed by atoms with E-state index in [0.717, 1.165) is 46.1 Å². The van der Waals surface area contributed by atoms with Gasteiger partial charge in [0.25, 0.3) is 11.8 Å². The van der Waals surface area contributed by atoms with Crippen molar-refractivity contribution >= 4 is 28.3 Å². The van der Waals surface area contributed by atoms with Gasteiger partial charge in [-0.1, -0.05) is 24.3 Å². The molecule has 0 atom stereocenters. The summed E-state index contributed by atoms with van der Waals surface area (Å²) in [5, 5.41) is 7.06. The van der Waals surface area contributed by atoms with Crippen LogP contribution in [-0.4, -0.2) is 48.9 Å². The summed E-state index contributed by atoms with van der Waals surface area (Å²) in [4.78, 5) is 31.6. The van der Waals surface area contributed by atoms with Gasteiger partial charge in [0.15, 0.2) is 0 Å². The number of nitrogens with one attached hydrogen (secondary N) is 2. The molecule has 0 bridgehead atoms. The first kappa shape index (κ1) is 26.8. The van der Waals surface area contributed by atoms with Gasteiger partial charge < -0.3 is 15.5 Å². The van der Waals surface area contributed by atoms with Gasteiger partial charge >= 0.3 is 6.18 Å². The number of nitrogens with zero attached hydrogens (tertiary/aromatic N) is 2. The van der Waals surface area contributed by atoms with Crippen LogP contribution in [0.1, 0.15) is 32.0 Å². The number of fused-ring (bicyclic) bond motifs is 1. The normalized spacial score (nSPS) is 11.6. The standard InChI is InChI=1S/C29H27F3N4O2/c1-18-7-8-21(27(37)35-24-6-4-5-23(16-24)29(30,31)32)14-25(18)20-10-9-19-15-26(34-17-22(19)13-20)28(38)33-11-12-36(2)3/h4-10,13-17H,11-12H2,1-3H3,(H,33,38)(H,35,37). The number of halogens is 3. The van der Waals surface area contributed by atoms with E-state index >= 15 is 0 Å². The van der Waals surface area contributed by atoms with Gasteiger partial charge in [0.05, 0.1) is 5.56 Å². The topological polar surface area (TPSA) is 74.3 Å². The fourth-order valence-electron chi connectivity index (χ4n) is 3.97. The van der Waals surface area contributed by atoms with E-state index in [-0.39, 0.29) is 11.6 Å². The molecule has 2 N–H and O–H groups in total. The summed E-state index contributed by atoms with van der Waals surface area (Å²) in [5.41, 5.74) is 2.43. The largest absolute Gasteiger partial charge is 0.416 e. The van der Waals surface area contributed by atoms with E-state index in [1.807, 2.05) is 44.1 Å². The van der Waals surface area contributed by atoms with Crippen LogP contribution in [-0.2, 0) is 6.18 Å². The molecule has 6 nitrogen and oxygen atoms in total. The molecule has 0 aliphatic rings. The van der Waals surface area contributed by atoms with E-state index < -0.39 is 17.6 Å². The first-order valence-corrected chi connectivity index (χ1v) is 11.9. The van der Waals surface area contributed by atoms with Crippen LogP contribution in [0.4, 0.5) is 18.9 Å². The zero-order valence-electron chi connectivity index (χ0n) is 21.2. The lowest BCUT2D eigenvalue weighted by molar-refractivity contribution is -0.137. The molecule has 0 saturated carbocycles. The summed E-state index contributed by atoms with van der Waals surface area (Å²) in [7, 11) is 3.86. The smallest absolute Gasteiger partial charge is 0.349 e. The molecular weight excluding hydrogens is 493 g/mol. The summed E-state index contributed by atoms with van der Waals surface area (Å²) >= 11 is 0. The second-order valence-corrected chi connectivity index (χ2v) is 9.25. The molecule has 9 heteroatoms. The molecule has 0 aliphatic heterocycles. The maximum absolute atomic E-state index is 13.0. The first-order chi connectivity index (χ1) is 18.0. The van der Waals surface area contributed by atoms with Gasteiger partial charge in [-0.25, -0.2) is 0 Å². The predicted molar refractivity (Wildman–Crippen MR) is 142 cm³/mol. The summed E-state index contributed by atoms with van der Waals surface area (Å²) in [6.07, 6.45) is -2.86. The Morgan fingerprint density at radius 1 is 0.921 bits per heavy atom. The Morgan fingerprint density at radius 3 is 2.45 bits per heavy atom. The number of pyridine rings is 1. The van der Waals surface area contributed by atoms with Crippen LogP contribution in [0.2, 0.25) is 0 Å². The van der Waals surface area contributed by atoms with Gasteiger partial charge in [0.1, 0.15) is 5.69 Å². The van der Waals surface area contributed by atoms with Crippen molar-refractivity contribution in [2.75, 3.05) is 32.5 Å². The van der Waals surface area contributed by atoms with Gasteiger partial charge in [-0.3, -0.25) is 14.6 Å². The van der Waals surface area contributed by atoms with Crippen molar-refractivity contribution in [3.05, 3.63) is 95.3 Å². The Bertz CT molecular complexity index is 1500. The highest BCUT2D eigenvalue weighted by atomic mass is 19.4. The van der Waals surface area contributed by atoms with Crippen LogP contribution < -0.4 is 10.6 Å². The molecule has 196 valence electrons. The van der Waals surface area contributed by atoms with Gasteiger partial charge in [-0.15, -0.1) is 0 Å². The molecule has 3 aromatic carbocycles. The third kappa shape index (κ3) is 6.36. The van der Waals surface area contributed by atoms with E-state index in [9.17, 15) is 22.8 Å². The zero-order valence-corrected chi connectivity index (χ0v) is 21.2. The predicted octanol–water partition coefficient (Wildman–Crippen LogP) is 5.77. The monoisotopic (exact) mass is 520 g/mol. The lowest BCUT2D eigenvalue weighted by Gasteiger charge is -2.13. The fraction of sp³-hybridized carbons (Fsp3) is 0.207. The number of carbonyl (C=O) groups excluding carboxylic acids is 2. The molecule has 38 heavy (non-hydrogen) atoms. The number of carbonyl (C=O) groups is 2. The quantitative estimate of drug-likeness (QED) is 0.324. The van der Waals surface area contributed by atoms with Gasteiger partial charge in [0, 0.05) is 35.9 Å². The minimum Gasteiger partial charge on any atom is -0.349 e. The number of anilines is 1. The van der Waals surface area contributed by atoms with Crippen molar-refractivity contribution < 1.29 is 22.8 Å². The average Bonchev–Trinajstić information content (AvgIpc) is 2.87. The van der Waals surface area contributed by atoms with Crippen molar-refractivity contribution in [3.8, 4) is 11.1 Å². The van der Waals surface area contributed by atoms with Crippen LogP contribution in [0.25, 0.3) is 21.9 Å². The molecular formula is C29H27F3N4O2. The summed E-state index contributed by atoms with van der Waals surface area (Å²) in [6.45, 7) is 3.15. The van der Waals surface area contributed by atoms with E-state index in [2.05, 4.69) is 15.6 Å². The maximum atomic E-state index is 13.0. The van der Waals surface area contributed by atoms with Crippen LogP contribution in [0.3, 0.4) is 0 Å². The third-order valence-electron chi connectivity index (χ3n) is 6.06. The minimum absolute atomic E-state index is 0.0604. The molecule has 0 unspecified atom stereocenters. The number of likely N-dealkylation sites (N-methyl/N-ethyl adjacent to an activating group) is 1. The van der Waals surface area contributed by atoms with Crippen LogP contribution in [0, 0.1) is 6.92 Å². The lowest BCUT2D eigenvalue weighted by atomic mass is 9.96. The van der Waals surface area contributed by atoms with Crippen molar-refractivity contribution in [3.63, 3.8) is 0 Å². The molecule has 4 rings (SSSR count). The van der Waals surface area contributed by atoms with Crippen molar-refractivity contribution in [2.24, 2.45) is 0 Å². The Morgan fingerprint density at radius 2 is 1.71 bits per heavy atom. The Labute approximate surface area is 218 Å². The molecule has 1 heterocycles. The number of rotatable bonds is 7. The second kappa shape index (κ2) is 11.0. The Hall–Kier alpha value is -4.24. The molecule has 1 aromatic heterocycles. The first-order valence-electron chi connectivity index (χ1n) is 11.9. The summed E-state index contributed by atoms with van der Waals surface area (Å²) in [6, 6.07) is 17.1. The van der Waals surface area contributed by atoms with E-state index in [1.54, 1.807) is 30.5 Å². The van der Waals surface area contributed by atoms with E-state index in [1.165, 1.54) is 12.1 Å². The summed E-state index contributed by atoms with van der Waals surface area (Å²) < 4.78 is 39.1. The highest BCUT2D eigenvalue weighted by Crippen LogP contribution is 2.31. The lowest BCUT2D eigenvalue weighted by Crippen LogP contribution is -2.31. The number of hydrogen-bond donors (Lipinski definition) is 2. The molecule has 0 spiro atoms. The average molecular weight is 521 g/mol. The minimum atomic E-state index is -4.50. The Kier molecular flexibility index (Phi) is 7.78.